The molecule has 0 atom stereocenters. The molecule has 1 amide bonds. The second kappa shape index (κ2) is 9.57. The highest BCUT2D eigenvalue weighted by Gasteiger charge is 2.14. The molecule has 146 valence electrons. The van der Waals surface area contributed by atoms with E-state index in [1.165, 1.54) is 18.0 Å². The molecule has 0 spiro atoms. The van der Waals surface area contributed by atoms with E-state index in [4.69, 9.17) is 16.3 Å². The van der Waals surface area contributed by atoms with Gasteiger partial charge in [0.05, 0.1) is 10.8 Å². The molecule has 7 nitrogen and oxygen atoms in total. The van der Waals surface area contributed by atoms with Crippen LogP contribution in [0, 0.1) is 6.92 Å². The smallest absolute Gasteiger partial charge is 0.236 e. The van der Waals surface area contributed by atoms with Gasteiger partial charge in [0, 0.05) is 12.7 Å². The van der Waals surface area contributed by atoms with Crippen LogP contribution in [0.2, 0.25) is 5.02 Å². The zero-order chi connectivity index (χ0) is 19.9. The van der Waals surface area contributed by atoms with E-state index in [2.05, 4.69) is 20.5 Å². The summed E-state index contributed by atoms with van der Waals surface area (Å²) >= 11 is 7.11. The van der Waals surface area contributed by atoms with Crippen LogP contribution < -0.4 is 10.1 Å². The van der Waals surface area contributed by atoms with E-state index < -0.39 is 0 Å². The Labute approximate surface area is 172 Å². The van der Waals surface area contributed by atoms with Crippen molar-refractivity contribution in [1.29, 1.82) is 0 Å². The molecular weight excluding hydrogens is 398 g/mol. The van der Waals surface area contributed by atoms with Gasteiger partial charge in [0.2, 0.25) is 5.91 Å². The van der Waals surface area contributed by atoms with Gasteiger partial charge in [-0.25, -0.2) is 4.98 Å². The minimum atomic E-state index is -0.178. The molecular formula is C19H20ClN5O2S. The highest BCUT2D eigenvalue weighted by molar-refractivity contribution is 7.99. The first kappa shape index (κ1) is 20.2. The lowest BCUT2D eigenvalue weighted by Crippen LogP contribution is -2.15. The summed E-state index contributed by atoms with van der Waals surface area (Å²) in [5, 5.41) is 12.3. The molecule has 0 aliphatic rings. The van der Waals surface area contributed by atoms with Crippen LogP contribution in [0.1, 0.15) is 18.3 Å². The zero-order valence-electron chi connectivity index (χ0n) is 15.6. The van der Waals surface area contributed by atoms with Crippen LogP contribution in [0.25, 0.3) is 0 Å². The fourth-order valence-electron chi connectivity index (χ4n) is 2.46. The highest BCUT2D eigenvalue weighted by atomic mass is 35.5. The summed E-state index contributed by atoms with van der Waals surface area (Å²) in [6.07, 6.45) is 1.48. The number of amides is 1. The summed E-state index contributed by atoms with van der Waals surface area (Å²) in [5.41, 5.74) is 1.13. The van der Waals surface area contributed by atoms with Crippen LogP contribution in [-0.2, 0) is 17.9 Å². The van der Waals surface area contributed by atoms with Crippen LogP contribution in [-0.4, -0.2) is 31.4 Å². The molecule has 1 N–H and O–H groups in total. The average Bonchev–Trinajstić information content (AvgIpc) is 3.08. The summed E-state index contributed by atoms with van der Waals surface area (Å²) in [6.45, 7) is 5.01. The molecule has 0 unspecified atom stereocenters. The minimum Gasteiger partial charge on any atom is -0.486 e. The monoisotopic (exact) mass is 417 g/mol. The van der Waals surface area contributed by atoms with E-state index >= 15 is 0 Å². The maximum atomic E-state index is 12.1. The van der Waals surface area contributed by atoms with Gasteiger partial charge in [0.1, 0.15) is 18.2 Å². The zero-order valence-corrected chi connectivity index (χ0v) is 17.1. The summed E-state index contributed by atoms with van der Waals surface area (Å²) in [4.78, 5) is 16.2. The van der Waals surface area contributed by atoms with E-state index in [1.54, 1.807) is 12.1 Å². The molecule has 0 saturated heterocycles. The maximum absolute atomic E-state index is 12.1. The highest BCUT2D eigenvalue weighted by Crippen LogP contribution is 2.19. The van der Waals surface area contributed by atoms with Gasteiger partial charge in [-0.2, -0.15) is 0 Å². The fraction of sp³-hybridized carbons (Fsp3) is 0.263. The van der Waals surface area contributed by atoms with Gasteiger partial charge in [0.25, 0.3) is 0 Å². The Kier molecular flexibility index (Phi) is 6.89. The summed E-state index contributed by atoms with van der Waals surface area (Å²) in [7, 11) is 0. The molecule has 0 saturated carbocycles. The SMILES string of the molecule is CCn1c(COc2cccc(C)c2)nnc1SCC(=O)Nc1ccc(Cl)cn1. The number of carbonyl (C=O) groups excluding carboxylic acids is 1. The van der Waals surface area contributed by atoms with Crippen molar-refractivity contribution < 1.29 is 9.53 Å². The first-order chi connectivity index (χ1) is 13.5. The second-order valence-corrected chi connectivity index (χ2v) is 7.33. The van der Waals surface area contributed by atoms with Crippen molar-refractivity contribution in [3.8, 4) is 5.75 Å². The van der Waals surface area contributed by atoms with Crippen molar-refractivity contribution in [1.82, 2.24) is 19.7 Å². The van der Waals surface area contributed by atoms with Crippen LogP contribution >= 0.6 is 23.4 Å². The number of benzene rings is 1. The molecule has 0 aliphatic carbocycles. The summed E-state index contributed by atoms with van der Waals surface area (Å²) in [6, 6.07) is 11.2. The van der Waals surface area contributed by atoms with Gasteiger partial charge in [0.15, 0.2) is 11.0 Å². The molecule has 2 heterocycles. The lowest BCUT2D eigenvalue weighted by Gasteiger charge is -2.09. The number of thioether (sulfide) groups is 1. The van der Waals surface area contributed by atoms with Crippen molar-refractivity contribution >= 4 is 35.1 Å². The Hall–Kier alpha value is -2.58. The van der Waals surface area contributed by atoms with Crippen molar-refractivity contribution in [3.63, 3.8) is 0 Å². The van der Waals surface area contributed by atoms with Gasteiger partial charge in [-0.1, -0.05) is 35.5 Å². The largest absolute Gasteiger partial charge is 0.486 e. The number of carbonyl (C=O) groups is 1. The first-order valence-electron chi connectivity index (χ1n) is 8.71. The third kappa shape index (κ3) is 5.46. The molecule has 0 aliphatic heterocycles. The third-order valence-corrected chi connectivity index (χ3v) is 4.98. The number of hydrogen-bond donors (Lipinski definition) is 1. The Morgan fingerprint density at radius 2 is 2.14 bits per heavy atom. The number of aryl methyl sites for hydroxylation is 1. The van der Waals surface area contributed by atoms with E-state index in [0.29, 0.717) is 35.0 Å². The summed E-state index contributed by atoms with van der Waals surface area (Å²) < 4.78 is 7.75. The van der Waals surface area contributed by atoms with Gasteiger partial charge >= 0.3 is 0 Å². The standard InChI is InChI=1S/C19H20ClN5O2S/c1-3-25-17(11-27-15-6-4-5-13(2)9-15)23-24-19(25)28-12-18(26)22-16-8-7-14(20)10-21-16/h4-10H,3,11-12H2,1-2H3,(H,21,22,26). The predicted molar refractivity (Wildman–Crippen MR) is 110 cm³/mol. The number of hydrogen-bond acceptors (Lipinski definition) is 6. The number of pyridine rings is 1. The average molecular weight is 418 g/mol. The number of ether oxygens (including phenoxy) is 1. The molecule has 2 aromatic heterocycles. The quantitative estimate of drug-likeness (QED) is 0.558. The third-order valence-electron chi connectivity index (χ3n) is 3.79. The van der Waals surface area contributed by atoms with E-state index in [1.807, 2.05) is 42.7 Å². The van der Waals surface area contributed by atoms with Crippen LogP contribution in [0.4, 0.5) is 5.82 Å². The van der Waals surface area contributed by atoms with E-state index in [0.717, 1.165) is 11.3 Å². The number of rotatable bonds is 8. The molecule has 0 radical (unpaired) electrons. The number of nitrogens with zero attached hydrogens (tertiary/aromatic N) is 4. The van der Waals surface area contributed by atoms with Crippen molar-refractivity contribution in [3.05, 3.63) is 59.0 Å². The second-order valence-electron chi connectivity index (χ2n) is 5.95. The maximum Gasteiger partial charge on any atom is 0.236 e. The number of anilines is 1. The first-order valence-corrected chi connectivity index (χ1v) is 10.1. The van der Waals surface area contributed by atoms with Crippen LogP contribution in [0.5, 0.6) is 5.75 Å². The molecule has 1 aromatic carbocycles. The van der Waals surface area contributed by atoms with Crippen molar-refractivity contribution in [2.24, 2.45) is 0 Å². The molecule has 3 rings (SSSR count). The predicted octanol–water partition coefficient (Wildman–Crippen LogP) is 3.96. The minimum absolute atomic E-state index is 0.178. The number of halogens is 1. The summed E-state index contributed by atoms with van der Waals surface area (Å²) in [5.74, 6) is 1.98. The van der Waals surface area contributed by atoms with Gasteiger partial charge in [-0.05, 0) is 43.7 Å². The topological polar surface area (TPSA) is 81.9 Å². The van der Waals surface area contributed by atoms with Crippen LogP contribution in [0.3, 0.4) is 0 Å². The number of aromatic nitrogens is 4. The Balaban J connectivity index is 1.57. The molecule has 0 fully saturated rings. The van der Waals surface area contributed by atoms with E-state index in [9.17, 15) is 4.79 Å². The Morgan fingerprint density at radius 1 is 1.29 bits per heavy atom. The molecule has 9 heteroatoms. The lowest BCUT2D eigenvalue weighted by molar-refractivity contribution is -0.113. The van der Waals surface area contributed by atoms with Gasteiger partial charge in [-0.15, -0.1) is 10.2 Å². The van der Waals surface area contributed by atoms with E-state index in [-0.39, 0.29) is 11.7 Å². The number of nitrogens with one attached hydrogen (secondary N) is 1. The van der Waals surface area contributed by atoms with Gasteiger partial charge < -0.3 is 14.6 Å². The van der Waals surface area contributed by atoms with Crippen molar-refractivity contribution in [2.75, 3.05) is 11.1 Å². The molecule has 28 heavy (non-hydrogen) atoms. The van der Waals surface area contributed by atoms with Gasteiger partial charge in [-0.3, -0.25) is 4.79 Å². The Bertz CT molecular complexity index is 946. The molecule has 3 aromatic rings. The molecule has 0 bridgehead atoms. The fourth-order valence-corrected chi connectivity index (χ4v) is 3.40. The normalized spacial score (nSPS) is 10.7. The van der Waals surface area contributed by atoms with Crippen LogP contribution in [0.15, 0.2) is 47.8 Å². The van der Waals surface area contributed by atoms with Crippen molar-refractivity contribution in [2.45, 2.75) is 32.2 Å². The Morgan fingerprint density at radius 3 is 2.86 bits per heavy atom. The lowest BCUT2D eigenvalue weighted by atomic mass is 10.2.